The van der Waals surface area contributed by atoms with Crippen LogP contribution in [0.4, 0.5) is 5.69 Å². The molecule has 2 heterocycles. The minimum absolute atomic E-state index is 0.136. The SMILES string of the molecule is COc1cc(/C=C/C(=O)/C=C/c2cccc3ccccc23)ccc1OCc1cn(CCN2C(=O)C(=O)c3cc(Br)ccc32)nn1. The van der Waals surface area contributed by atoms with Crippen molar-refractivity contribution in [2.45, 2.75) is 13.2 Å². The molecule has 0 aliphatic carbocycles. The van der Waals surface area contributed by atoms with Gasteiger partial charge in [0.1, 0.15) is 12.3 Å². The molecule has 0 radical (unpaired) electrons. The van der Waals surface area contributed by atoms with Gasteiger partial charge in [0.2, 0.25) is 0 Å². The normalized spacial score (nSPS) is 12.9. The van der Waals surface area contributed by atoms with E-state index in [4.69, 9.17) is 9.47 Å². The number of hydrogen-bond acceptors (Lipinski definition) is 7. The molecule has 0 spiro atoms. The fourth-order valence-corrected chi connectivity index (χ4v) is 5.43. The Kier molecular flexibility index (Phi) is 8.65. The number of fused-ring (bicyclic) bond motifs is 2. The molecule has 224 valence electrons. The number of nitrogens with zero attached hydrogens (tertiary/aromatic N) is 4. The number of Topliss-reactive ketones (excluding diaryl/α,β-unsaturated/α-hetero) is 1. The van der Waals surface area contributed by atoms with Crippen LogP contribution in [0.3, 0.4) is 0 Å². The van der Waals surface area contributed by atoms with Crippen molar-refractivity contribution in [2.75, 3.05) is 18.6 Å². The Labute approximate surface area is 267 Å². The highest BCUT2D eigenvalue weighted by molar-refractivity contribution is 9.10. The fourth-order valence-electron chi connectivity index (χ4n) is 5.07. The molecule has 1 aliphatic heterocycles. The van der Waals surface area contributed by atoms with E-state index >= 15 is 0 Å². The van der Waals surface area contributed by atoms with Gasteiger partial charge in [0.05, 0.1) is 31.1 Å². The zero-order valence-electron chi connectivity index (χ0n) is 24.2. The molecule has 1 aliphatic rings. The molecule has 45 heavy (non-hydrogen) atoms. The van der Waals surface area contributed by atoms with E-state index in [0.29, 0.717) is 35.0 Å². The van der Waals surface area contributed by atoms with Gasteiger partial charge in [0.15, 0.2) is 17.3 Å². The molecular weight excluding hydrogens is 636 g/mol. The van der Waals surface area contributed by atoms with E-state index in [0.717, 1.165) is 26.4 Å². The van der Waals surface area contributed by atoms with Crippen LogP contribution in [0, 0.1) is 0 Å². The molecule has 0 bridgehead atoms. The van der Waals surface area contributed by atoms with Crippen LogP contribution in [0.5, 0.6) is 11.5 Å². The van der Waals surface area contributed by atoms with Crippen LogP contribution in [0.15, 0.2) is 102 Å². The lowest BCUT2D eigenvalue weighted by Crippen LogP contribution is -2.32. The molecule has 0 saturated heterocycles. The van der Waals surface area contributed by atoms with Crippen molar-refractivity contribution in [3.63, 3.8) is 0 Å². The van der Waals surface area contributed by atoms with Gasteiger partial charge < -0.3 is 14.4 Å². The predicted molar refractivity (Wildman–Crippen MR) is 175 cm³/mol. The number of carbonyl (C=O) groups excluding carboxylic acids is 3. The summed E-state index contributed by atoms with van der Waals surface area (Å²) < 4.78 is 13.8. The first-order valence-corrected chi connectivity index (χ1v) is 14.9. The van der Waals surface area contributed by atoms with Crippen LogP contribution in [0.1, 0.15) is 27.2 Å². The Morgan fingerprint density at radius 2 is 1.73 bits per heavy atom. The maximum atomic E-state index is 12.5. The molecule has 0 N–H and O–H groups in total. The van der Waals surface area contributed by atoms with Crippen molar-refractivity contribution in [3.8, 4) is 11.5 Å². The zero-order valence-corrected chi connectivity index (χ0v) is 25.8. The molecule has 10 heteroatoms. The van der Waals surface area contributed by atoms with E-state index < -0.39 is 11.7 Å². The molecule has 6 rings (SSSR count). The average Bonchev–Trinajstić information content (AvgIpc) is 3.61. The second-order valence-electron chi connectivity index (χ2n) is 10.3. The second kappa shape index (κ2) is 13.1. The lowest BCUT2D eigenvalue weighted by Gasteiger charge is -2.16. The smallest absolute Gasteiger partial charge is 0.299 e. The van der Waals surface area contributed by atoms with Crippen molar-refractivity contribution in [1.82, 2.24) is 15.0 Å². The van der Waals surface area contributed by atoms with Gasteiger partial charge in [-0.25, -0.2) is 0 Å². The van der Waals surface area contributed by atoms with Crippen molar-refractivity contribution >= 4 is 62.0 Å². The van der Waals surface area contributed by atoms with Crippen molar-refractivity contribution in [3.05, 3.63) is 124 Å². The van der Waals surface area contributed by atoms with Gasteiger partial charge in [0, 0.05) is 11.0 Å². The van der Waals surface area contributed by atoms with Gasteiger partial charge in [-0.2, -0.15) is 0 Å². The standard InChI is InChI=1S/C35H27BrN4O5/c1-44-33-19-23(9-13-28(41)14-11-25-7-4-6-24-5-2-3-8-29(24)25)10-16-32(33)45-22-27-21-39(38-37-27)17-18-40-31-15-12-26(36)20-30(31)34(42)35(40)43/h2-16,19-21H,17-18,22H2,1H3/b13-9+,14-11+. The first-order chi connectivity index (χ1) is 21.9. The number of amides is 1. The first-order valence-electron chi connectivity index (χ1n) is 14.1. The Balaban J connectivity index is 1.04. The Hall–Kier alpha value is -5.35. The summed E-state index contributed by atoms with van der Waals surface area (Å²) in [5.74, 6) is -0.196. The van der Waals surface area contributed by atoms with E-state index in [1.165, 1.54) is 11.0 Å². The fraction of sp³-hybridized carbons (Fsp3) is 0.114. The molecule has 0 fully saturated rings. The summed E-state index contributed by atoms with van der Waals surface area (Å²) in [5, 5.41) is 10.5. The maximum absolute atomic E-state index is 12.5. The number of methoxy groups -OCH3 is 1. The molecule has 0 atom stereocenters. The first kappa shape index (κ1) is 29.7. The minimum Gasteiger partial charge on any atom is -0.493 e. The number of aromatic nitrogens is 3. The minimum atomic E-state index is -0.557. The molecule has 0 unspecified atom stereocenters. The average molecular weight is 664 g/mol. The van der Waals surface area contributed by atoms with Crippen LogP contribution in [-0.4, -0.2) is 46.1 Å². The van der Waals surface area contributed by atoms with Gasteiger partial charge in [-0.1, -0.05) is 81.8 Å². The number of halogens is 1. The number of rotatable bonds is 11. The van der Waals surface area contributed by atoms with Gasteiger partial charge in [0.25, 0.3) is 11.7 Å². The molecule has 1 aromatic heterocycles. The van der Waals surface area contributed by atoms with E-state index in [-0.39, 0.29) is 18.9 Å². The molecule has 1 amide bonds. The molecule has 9 nitrogen and oxygen atoms in total. The van der Waals surface area contributed by atoms with Gasteiger partial charge in [-0.15, -0.1) is 5.10 Å². The van der Waals surface area contributed by atoms with Crippen LogP contribution in [-0.2, 0) is 22.7 Å². The summed E-state index contributed by atoms with van der Waals surface area (Å²) in [4.78, 5) is 38.9. The Bertz CT molecular complexity index is 1990. The monoisotopic (exact) mass is 662 g/mol. The Morgan fingerprint density at radius 3 is 2.60 bits per heavy atom. The predicted octanol–water partition coefficient (Wildman–Crippen LogP) is 6.31. The second-order valence-corrected chi connectivity index (χ2v) is 11.2. The van der Waals surface area contributed by atoms with Crippen molar-refractivity contribution in [1.29, 1.82) is 0 Å². The molecular formula is C35H27BrN4O5. The summed E-state index contributed by atoms with van der Waals surface area (Å²) in [5.41, 5.74) is 3.32. The number of hydrogen-bond donors (Lipinski definition) is 0. The lowest BCUT2D eigenvalue weighted by molar-refractivity contribution is -0.114. The lowest BCUT2D eigenvalue weighted by atomic mass is 10.0. The maximum Gasteiger partial charge on any atom is 0.299 e. The van der Waals surface area contributed by atoms with Crippen LogP contribution in [0.2, 0.25) is 0 Å². The zero-order chi connectivity index (χ0) is 31.3. The number of carbonyl (C=O) groups is 3. The van der Waals surface area contributed by atoms with Crippen LogP contribution < -0.4 is 14.4 Å². The third-order valence-electron chi connectivity index (χ3n) is 7.33. The quantitative estimate of drug-likeness (QED) is 0.121. The highest BCUT2D eigenvalue weighted by Gasteiger charge is 2.35. The number of ether oxygens (including phenoxy) is 2. The number of ketones is 2. The summed E-state index contributed by atoms with van der Waals surface area (Å²) in [6.45, 7) is 0.760. The molecule has 5 aromatic rings. The highest BCUT2D eigenvalue weighted by atomic mass is 79.9. The summed E-state index contributed by atoms with van der Waals surface area (Å²) in [6, 6.07) is 24.6. The summed E-state index contributed by atoms with van der Waals surface area (Å²) in [7, 11) is 1.55. The van der Waals surface area contributed by atoms with Gasteiger partial charge in [-0.3, -0.25) is 19.1 Å². The molecule has 0 saturated carbocycles. The van der Waals surface area contributed by atoms with E-state index in [1.54, 1.807) is 60.5 Å². The van der Waals surface area contributed by atoms with Gasteiger partial charge >= 0.3 is 0 Å². The topological polar surface area (TPSA) is 104 Å². The number of benzene rings is 4. The Morgan fingerprint density at radius 1 is 0.911 bits per heavy atom. The third-order valence-corrected chi connectivity index (χ3v) is 7.82. The van der Waals surface area contributed by atoms with Gasteiger partial charge in [-0.05, 0) is 64.4 Å². The van der Waals surface area contributed by atoms with E-state index in [9.17, 15) is 14.4 Å². The van der Waals surface area contributed by atoms with E-state index in [1.807, 2.05) is 54.6 Å². The summed E-state index contributed by atoms with van der Waals surface area (Å²) in [6.07, 6.45) is 8.35. The number of allylic oxidation sites excluding steroid dienone is 2. The van der Waals surface area contributed by atoms with Crippen LogP contribution in [0.25, 0.3) is 22.9 Å². The third kappa shape index (κ3) is 6.61. The van der Waals surface area contributed by atoms with Crippen molar-refractivity contribution < 1.29 is 23.9 Å². The van der Waals surface area contributed by atoms with Crippen molar-refractivity contribution in [2.24, 2.45) is 0 Å². The van der Waals surface area contributed by atoms with Crippen LogP contribution >= 0.6 is 15.9 Å². The largest absolute Gasteiger partial charge is 0.493 e. The molecule has 4 aromatic carbocycles. The number of anilines is 1. The van der Waals surface area contributed by atoms with E-state index in [2.05, 4.69) is 26.2 Å². The highest BCUT2D eigenvalue weighted by Crippen LogP contribution is 2.32. The summed E-state index contributed by atoms with van der Waals surface area (Å²) >= 11 is 3.34.